The first-order valence-electron chi connectivity index (χ1n) is 14.2. The van der Waals surface area contributed by atoms with E-state index < -0.39 is 10.8 Å². The molecule has 5 rings (SSSR count). The number of hydrogen-bond donors (Lipinski definition) is 0. The Bertz CT molecular complexity index is 820. The van der Waals surface area contributed by atoms with Crippen LogP contribution in [0.25, 0.3) is 0 Å². The summed E-state index contributed by atoms with van der Waals surface area (Å²) >= 11 is 0. The SMILES string of the molecule is CC.CCC(C)(CC(C)(C)C(=O)OC1CC2CC1C1CCCC21)C(=O)OC1CCC2CC1OC2=O. The van der Waals surface area contributed by atoms with Crippen molar-refractivity contribution in [1.82, 2.24) is 0 Å². The fourth-order valence-electron chi connectivity index (χ4n) is 7.93. The van der Waals surface area contributed by atoms with Crippen LogP contribution in [0.5, 0.6) is 0 Å². The Labute approximate surface area is 211 Å². The highest BCUT2D eigenvalue weighted by Gasteiger charge is 2.56. The lowest BCUT2D eigenvalue weighted by atomic mass is 9.72. The van der Waals surface area contributed by atoms with Crippen LogP contribution in [0.15, 0.2) is 0 Å². The van der Waals surface area contributed by atoms with Crippen LogP contribution in [0.2, 0.25) is 0 Å². The molecule has 0 radical (unpaired) electrons. The third-order valence-electron chi connectivity index (χ3n) is 9.87. The van der Waals surface area contributed by atoms with Gasteiger partial charge in [-0.25, -0.2) is 0 Å². The molecule has 0 aromatic heterocycles. The molecule has 6 heteroatoms. The normalized spacial score (nSPS) is 38.6. The van der Waals surface area contributed by atoms with Gasteiger partial charge in [0.1, 0.15) is 18.3 Å². The topological polar surface area (TPSA) is 78.9 Å². The van der Waals surface area contributed by atoms with Crippen molar-refractivity contribution in [1.29, 1.82) is 0 Å². The molecule has 35 heavy (non-hydrogen) atoms. The van der Waals surface area contributed by atoms with E-state index in [4.69, 9.17) is 14.2 Å². The highest BCUT2D eigenvalue weighted by molar-refractivity contribution is 5.81. The number of carbonyl (C=O) groups is 3. The van der Waals surface area contributed by atoms with Crippen LogP contribution in [-0.4, -0.2) is 36.2 Å². The third kappa shape index (κ3) is 4.87. The molecule has 0 N–H and O–H groups in total. The lowest BCUT2D eigenvalue weighted by molar-refractivity contribution is -0.176. The van der Waals surface area contributed by atoms with Gasteiger partial charge in [-0.15, -0.1) is 0 Å². The molecule has 0 spiro atoms. The second kappa shape index (κ2) is 10.0. The van der Waals surface area contributed by atoms with E-state index in [0.29, 0.717) is 38.0 Å². The summed E-state index contributed by atoms with van der Waals surface area (Å²) in [6, 6.07) is 0. The fourth-order valence-corrected chi connectivity index (χ4v) is 7.93. The van der Waals surface area contributed by atoms with E-state index in [0.717, 1.165) is 24.2 Å². The van der Waals surface area contributed by atoms with E-state index in [1.165, 1.54) is 25.7 Å². The summed E-state index contributed by atoms with van der Waals surface area (Å²) in [5, 5.41) is 0. The minimum atomic E-state index is -0.798. The fraction of sp³-hybridized carbons (Fsp3) is 0.897. The number of rotatable bonds is 7. The second-order valence-corrected chi connectivity index (χ2v) is 12.5. The van der Waals surface area contributed by atoms with E-state index in [1.807, 2.05) is 41.5 Å². The van der Waals surface area contributed by atoms with Crippen LogP contribution in [0.3, 0.4) is 0 Å². The number of ether oxygens (including phenoxy) is 3. The van der Waals surface area contributed by atoms with Crippen molar-refractivity contribution in [2.24, 2.45) is 40.4 Å². The van der Waals surface area contributed by atoms with E-state index >= 15 is 0 Å². The molecule has 4 aliphatic carbocycles. The van der Waals surface area contributed by atoms with Crippen molar-refractivity contribution in [3.8, 4) is 0 Å². The molecule has 5 aliphatic rings. The molecule has 5 fully saturated rings. The van der Waals surface area contributed by atoms with Gasteiger partial charge in [0.25, 0.3) is 0 Å². The van der Waals surface area contributed by atoms with Crippen molar-refractivity contribution in [2.75, 3.05) is 0 Å². The van der Waals surface area contributed by atoms with Gasteiger partial charge in [-0.3, -0.25) is 14.4 Å². The largest absolute Gasteiger partial charge is 0.462 e. The van der Waals surface area contributed by atoms with Crippen molar-refractivity contribution in [3.63, 3.8) is 0 Å². The average molecular weight is 491 g/mol. The lowest BCUT2D eigenvalue weighted by Crippen LogP contribution is -2.43. The maximum absolute atomic E-state index is 13.3. The summed E-state index contributed by atoms with van der Waals surface area (Å²) < 4.78 is 17.5. The van der Waals surface area contributed by atoms with Gasteiger partial charge in [-0.05, 0) is 95.8 Å². The average Bonchev–Trinajstić information content (AvgIpc) is 3.59. The molecule has 198 valence electrons. The van der Waals surface area contributed by atoms with Gasteiger partial charge < -0.3 is 14.2 Å². The smallest absolute Gasteiger partial charge is 0.312 e. The zero-order chi connectivity index (χ0) is 25.5. The van der Waals surface area contributed by atoms with E-state index in [-0.39, 0.29) is 42.1 Å². The Morgan fingerprint density at radius 3 is 2.29 bits per heavy atom. The highest BCUT2D eigenvalue weighted by Crippen LogP contribution is 2.59. The van der Waals surface area contributed by atoms with E-state index in [9.17, 15) is 14.4 Å². The monoisotopic (exact) mass is 490 g/mol. The van der Waals surface area contributed by atoms with Crippen molar-refractivity contribution in [2.45, 2.75) is 124 Å². The third-order valence-corrected chi connectivity index (χ3v) is 9.87. The van der Waals surface area contributed by atoms with Gasteiger partial charge in [0.15, 0.2) is 0 Å². The molecule has 9 atom stereocenters. The Morgan fingerprint density at radius 1 is 0.886 bits per heavy atom. The van der Waals surface area contributed by atoms with Gasteiger partial charge in [0.05, 0.1) is 16.7 Å². The van der Waals surface area contributed by atoms with Crippen LogP contribution < -0.4 is 0 Å². The summed E-state index contributed by atoms with van der Waals surface area (Å²) in [5.74, 6) is 2.20. The number of esters is 3. The van der Waals surface area contributed by atoms with E-state index in [2.05, 4.69) is 0 Å². The summed E-state index contributed by atoms with van der Waals surface area (Å²) in [6.07, 6.45) is 8.52. The number of fused-ring (bicyclic) bond motifs is 7. The Hall–Kier alpha value is -1.59. The predicted octanol–water partition coefficient (Wildman–Crippen LogP) is 5.85. The predicted molar refractivity (Wildman–Crippen MR) is 132 cm³/mol. The molecule has 4 saturated carbocycles. The molecular weight excluding hydrogens is 444 g/mol. The van der Waals surface area contributed by atoms with E-state index in [1.54, 1.807) is 0 Å². The second-order valence-electron chi connectivity index (χ2n) is 12.5. The summed E-state index contributed by atoms with van der Waals surface area (Å²) in [7, 11) is 0. The van der Waals surface area contributed by atoms with Crippen LogP contribution in [0, 0.1) is 40.4 Å². The summed E-state index contributed by atoms with van der Waals surface area (Å²) in [6.45, 7) is 11.6. The first-order valence-corrected chi connectivity index (χ1v) is 14.2. The molecule has 0 amide bonds. The van der Waals surface area contributed by atoms with Crippen LogP contribution in [0.1, 0.15) is 106 Å². The quantitative estimate of drug-likeness (QED) is 0.329. The molecule has 1 aliphatic heterocycles. The van der Waals surface area contributed by atoms with Gasteiger partial charge >= 0.3 is 17.9 Å². The lowest BCUT2D eigenvalue weighted by Gasteiger charge is -2.37. The summed E-state index contributed by atoms with van der Waals surface area (Å²) in [4.78, 5) is 38.4. The molecule has 1 saturated heterocycles. The molecule has 1 heterocycles. The first-order chi connectivity index (χ1) is 16.6. The Kier molecular flexibility index (Phi) is 7.60. The standard InChI is InChI=1S/C27H40O6.C2H6/c1-5-27(4,25(30)32-20-10-9-15-12-22(20)31-23(15)28)14-26(2,3)24(29)33-21-13-16-11-19(21)18-8-6-7-17(16)18;1-2/h15-22H,5-14H2,1-4H3;1-2H3. The molecule has 6 nitrogen and oxygen atoms in total. The minimum Gasteiger partial charge on any atom is -0.462 e. The zero-order valence-corrected chi connectivity index (χ0v) is 22.6. The summed E-state index contributed by atoms with van der Waals surface area (Å²) in [5.41, 5.74) is -1.58. The van der Waals surface area contributed by atoms with Gasteiger partial charge in [-0.1, -0.05) is 27.2 Å². The Morgan fingerprint density at radius 2 is 1.57 bits per heavy atom. The van der Waals surface area contributed by atoms with Crippen LogP contribution in [-0.2, 0) is 28.6 Å². The highest BCUT2D eigenvalue weighted by atomic mass is 16.6. The van der Waals surface area contributed by atoms with Crippen molar-refractivity contribution in [3.05, 3.63) is 0 Å². The van der Waals surface area contributed by atoms with Gasteiger partial charge in [0.2, 0.25) is 0 Å². The number of carbonyl (C=O) groups excluding carboxylic acids is 3. The molecule has 4 bridgehead atoms. The van der Waals surface area contributed by atoms with Crippen molar-refractivity contribution >= 4 is 17.9 Å². The van der Waals surface area contributed by atoms with Gasteiger partial charge in [0, 0.05) is 6.42 Å². The maximum Gasteiger partial charge on any atom is 0.312 e. The first kappa shape index (κ1) is 26.5. The molecule has 0 aromatic rings. The van der Waals surface area contributed by atoms with Crippen LogP contribution in [0.4, 0.5) is 0 Å². The zero-order valence-electron chi connectivity index (χ0n) is 22.6. The Balaban J connectivity index is 0.00000141. The van der Waals surface area contributed by atoms with Crippen LogP contribution >= 0.6 is 0 Å². The molecular formula is C29H46O6. The molecule has 9 unspecified atom stereocenters. The maximum atomic E-state index is 13.3. The van der Waals surface area contributed by atoms with Crippen molar-refractivity contribution < 1.29 is 28.6 Å². The minimum absolute atomic E-state index is 0.0402. The number of hydrogen-bond acceptors (Lipinski definition) is 6. The molecule has 0 aromatic carbocycles. The van der Waals surface area contributed by atoms with Gasteiger partial charge in [-0.2, -0.15) is 0 Å².